The largest absolute Gasteiger partial charge is 0.353 e. The lowest BCUT2D eigenvalue weighted by molar-refractivity contribution is -0.119. The van der Waals surface area contributed by atoms with E-state index >= 15 is 0 Å². The fourth-order valence-electron chi connectivity index (χ4n) is 3.05. The maximum Gasteiger partial charge on any atom is 0.249 e. The molecule has 124 valence electrons. The molecule has 0 aromatic carbocycles. The average molecular weight is 316 g/mol. The number of amides is 1. The van der Waals surface area contributed by atoms with Gasteiger partial charge in [-0.05, 0) is 32.3 Å². The Morgan fingerprint density at radius 3 is 2.74 bits per heavy atom. The Balaban J connectivity index is 1.85. The van der Waals surface area contributed by atoms with Crippen LogP contribution in [0.1, 0.15) is 37.9 Å². The smallest absolute Gasteiger partial charge is 0.249 e. The van der Waals surface area contributed by atoms with Crippen LogP contribution in [0.15, 0.2) is 18.5 Å². The molecule has 0 spiro atoms. The summed E-state index contributed by atoms with van der Waals surface area (Å²) in [5.41, 5.74) is 1.79. The highest BCUT2D eigenvalue weighted by molar-refractivity contribution is 5.97. The molecule has 2 aromatic rings. The van der Waals surface area contributed by atoms with Crippen LogP contribution in [0.25, 0.3) is 0 Å². The number of nitrogens with one attached hydrogen (secondary N) is 1. The molecule has 23 heavy (non-hydrogen) atoms. The third-order valence-corrected chi connectivity index (χ3v) is 4.50. The van der Waals surface area contributed by atoms with Gasteiger partial charge in [-0.25, -0.2) is 0 Å². The van der Waals surface area contributed by atoms with Crippen LogP contribution in [0.5, 0.6) is 0 Å². The lowest BCUT2D eigenvalue weighted by Gasteiger charge is -2.19. The molecule has 1 fully saturated rings. The van der Waals surface area contributed by atoms with Crippen molar-refractivity contribution in [2.75, 3.05) is 23.3 Å². The van der Waals surface area contributed by atoms with Crippen LogP contribution in [0.2, 0.25) is 0 Å². The summed E-state index contributed by atoms with van der Waals surface area (Å²) in [6.45, 7) is 5.96. The van der Waals surface area contributed by atoms with Crippen LogP contribution in [-0.2, 0) is 11.8 Å². The minimum Gasteiger partial charge on any atom is -0.353 e. The van der Waals surface area contributed by atoms with Gasteiger partial charge < -0.3 is 10.2 Å². The molecule has 0 radical (unpaired) electrons. The van der Waals surface area contributed by atoms with Gasteiger partial charge in [-0.1, -0.05) is 6.92 Å². The number of nitrogens with zero attached hydrogens (tertiary/aromatic N) is 5. The van der Waals surface area contributed by atoms with E-state index < -0.39 is 0 Å². The number of anilines is 2. The highest BCUT2D eigenvalue weighted by Crippen LogP contribution is 2.31. The molecule has 1 saturated heterocycles. The quantitative estimate of drug-likeness (QED) is 0.917. The molecule has 0 aliphatic carbocycles. The van der Waals surface area contributed by atoms with Crippen molar-refractivity contribution in [2.24, 2.45) is 7.05 Å². The predicted molar refractivity (Wildman–Crippen MR) is 89.6 cm³/mol. The van der Waals surface area contributed by atoms with E-state index in [0.717, 1.165) is 30.3 Å². The topological polar surface area (TPSA) is 68.0 Å². The zero-order valence-corrected chi connectivity index (χ0v) is 14.0. The van der Waals surface area contributed by atoms with Crippen molar-refractivity contribution in [1.29, 1.82) is 0 Å². The molecular formula is C16H24N6O. The van der Waals surface area contributed by atoms with Gasteiger partial charge in [-0.2, -0.15) is 10.2 Å². The molecule has 7 nitrogen and oxygen atoms in total. The third-order valence-electron chi connectivity index (χ3n) is 4.50. The standard InChI is InChI=1S/C16H24N6O/c1-4-13(22-11-7-8-17-22)16(23)18-14-12(2)20(3)19-15(14)21-9-5-6-10-21/h7-8,11,13H,4-6,9-10H2,1-3H3,(H,18,23). The molecule has 1 amide bonds. The number of hydrogen-bond acceptors (Lipinski definition) is 4. The second kappa shape index (κ2) is 6.44. The van der Waals surface area contributed by atoms with Crippen LogP contribution in [0, 0.1) is 6.92 Å². The number of aromatic nitrogens is 4. The van der Waals surface area contributed by atoms with Gasteiger partial charge in [0.05, 0.1) is 5.69 Å². The van der Waals surface area contributed by atoms with Gasteiger partial charge in [0.15, 0.2) is 5.82 Å². The van der Waals surface area contributed by atoms with Crippen molar-refractivity contribution >= 4 is 17.4 Å². The molecule has 1 unspecified atom stereocenters. The van der Waals surface area contributed by atoms with Gasteiger partial charge in [-0.3, -0.25) is 14.2 Å². The van der Waals surface area contributed by atoms with E-state index in [4.69, 9.17) is 0 Å². The van der Waals surface area contributed by atoms with Gasteiger partial charge in [0.1, 0.15) is 11.7 Å². The molecule has 1 atom stereocenters. The van der Waals surface area contributed by atoms with Gasteiger partial charge in [-0.15, -0.1) is 0 Å². The summed E-state index contributed by atoms with van der Waals surface area (Å²) < 4.78 is 3.54. The first-order valence-corrected chi connectivity index (χ1v) is 8.20. The molecule has 1 N–H and O–H groups in total. The van der Waals surface area contributed by atoms with E-state index in [2.05, 4.69) is 20.4 Å². The Hall–Kier alpha value is -2.31. The summed E-state index contributed by atoms with van der Waals surface area (Å²) in [4.78, 5) is 15.0. The normalized spacial score (nSPS) is 15.9. The highest BCUT2D eigenvalue weighted by atomic mass is 16.2. The third kappa shape index (κ3) is 2.95. The second-order valence-electron chi connectivity index (χ2n) is 6.00. The lowest BCUT2D eigenvalue weighted by atomic mass is 10.2. The van der Waals surface area contributed by atoms with Crippen molar-refractivity contribution in [3.63, 3.8) is 0 Å². The van der Waals surface area contributed by atoms with Gasteiger partial charge in [0, 0.05) is 32.5 Å². The van der Waals surface area contributed by atoms with E-state index in [-0.39, 0.29) is 11.9 Å². The maximum atomic E-state index is 12.7. The molecule has 3 heterocycles. The van der Waals surface area contributed by atoms with E-state index in [1.807, 2.05) is 37.8 Å². The van der Waals surface area contributed by atoms with Gasteiger partial charge in [0.25, 0.3) is 0 Å². The number of carbonyl (C=O) groups excluding carboxylic acids is 1. The number of hydrogen-bond donors (Lipinski definition) is 1. The van der Waals surface area contributed by atoms with Crippen LogP contribution >= 0.6 is 0 Å². The molecule has 1 aliphatic heterocycles. The summed E-state index contributed by atoms with van der Waals surface area (Å²) in [5.74, 6) is 0.832. The predicted octanol–water partition coefficient (Wildman–Crippen LogP) is 2.12. The molecular weight excluding hydrogens is 292 g/mol. The Morgan fingerprint density at radius 2 is 2.13 bits per heavy atom. The Labute approximate surface area is 136 Å². The summed E-state index contributed by atoms with van der Waals surface area (Å²) in [6, 6.07) is 1.53. The summed E-state index contributed by atoms with van der Waals surface area (Å²) in [7, 11) is 1.91. The highest BCUT2D eigenvalue weighted by Gasteiger charge is 2.26. The van der Waals surface area contributed by atoms with Crippen LogP contribution < -0.4 is 10.2 Å². The molecule has 2 aromatic heterocycles. The van der Waals surface area contributed by atoms with Crippen LogP contribution in [0.3, 0.4) is 0 Å². The first-order chi connectivity index (χ1) is 11.1. The van der Waals surface area contributed by atoms with Gasteiger partial charge >= 0.3 is 0 Å². The Morgan fingerprint density at radius 1 is 1.39 bits per heavy atom. The zero-order chi connectivity index (χ0) is 16.4. The number of aryl methyl sites for hydroxylation is 1. The maximum absolute atomic E-state index is 12.7. The minimum absolute atomic E-state index is 0.0484. The number of carbonyl (C=O) groups is 1. The fourth-order valence-corrected chi connectivity index (χ4v) is 3.05. The monoisotopic (exact) mass is 316 g/mol. The summed E-state index contributed by atoms with van der Waals surface area (Å²) in [6.07, 6.45) is 6.56. The van der Waals surface area contributed by atoms with E-state index in [1.54, 1.807) is 10.9 Å². The lowest BCUT2D eigenvalue weighted by Crippen LogP contribution is -2.27. The zero-order valence-electron chi connectivity index (χ0n) is 14.0. The SMILES string of the molecule is CCC(C(=O)Nc1c(N2CCCC2)nn(C)c1C)n1cccn1. The molecule has 1 aliphatic rings. The molecule has 0 saturated carbocycles. The second-order valence-corrected chi connectivity index (χ2v) is 6.00. The number of rotatable bonds is 5. The molecule has 0 bridgehead atoms. The van der Waals surface area contributed by atoms with Crippen molar-refractivity contribution < 1.29 is 4.79 Å². The first-order valence-electron chi connectivity index (χ1n) is 8.20. The minimum atomic E-state index is -0.309. The van der Waals surface area contributed by atoms with Crippen molar-refractivity contribution in [3.8, 4) is 0 Å². The van der Waals surface area contributed by atoms with E-state index in [0.29, 0.717) is 6.42 Å². The first kappa shape index (κ1) is 15.6. The Bertz CT molecular complexity index is 669. The van der Waals surface area contributed by atoms with Crippen molar-refractivity contribution in [1.82, 2.24) is 19.6 Å². The van der Waals surface area contributed by atoms with Crippen molar-refractivity contribution in [3.05, 3.63) is 24.2 Å². The van der Waals surface area contributed by atoms with Crippen LogP contribution in [-0.4, -0.2) is 38.6 Å². The Kier molecular flexibility index (Phi) is 4.36. The van der Waals surface area contributed by atoms with Crippen LogP contribution in [0.4, 0.5) is 11.5 Å². The van der Waals surface area contributed by atoms with E-state index in [1.165, 1.54) is 12.8 Å². The van der Waals surface area contributed by atoms with Gasteiger partial charge in [0.2, 0.25) is 5.91 Å². The van der Waals surface area contributed by atoms with Crippen molar-refractivity contribution in [2.45, 2.75) is 39.2 Å². The fraction of sp³-hybridized carbons (Fsp3) is 0.562. The summed E-state index contributed by atoms with van der Waals surface area (Å²) >= 11 is 0. The van der Waals surface area contributed by atoms with E-state index in [9.17, 15) is 4.79 Å². The average Bonchev–Trinajstić information content (AvgIpc) is 3.26. The molecule has 3 rings (SSSR count). The molecule has 7 heteroatoms. The summed E-state index contributed by atoms with van der Waals surface area (Å²) in [5, 5.41) is 11.9.